The Morgan fingerprint density at radius 1 is 1.20 bits per heavy atom. The Hall–Kier alpha value is -2.39. The van der Waals surface area contributed by atoms with Crippen LogP contribution in [0, 0.1) is 20.8 Å². The van der Waals surface area contributed by atoms with Gasteiger partial charge in [-0.2, -0.15) is 0 Å². The molecule has 4 rings (SSSR count). The number of nitrogens with one attached hydrogen (secondary N) is 1. The van der Waals surface area contributed by atoms with E-state index in [1.54, 1.807) is 18.4 Å². The van der Waals surface area contributed by atoms with Crippen molar-refractivity contribution < 1.29 is 9.84 Å². The fraction of sp³-hybridized carbons (Fsp3) is 0.333. The van der Waals surface area contributed by atoms with Gasteiger partial charge in [0.25, 0.3) is 0 Å². The summed E-state index contributed by atoms with van der Waals surface area (Å²) in [7, 11) is 5.35. The summed E-state index contributed by atoms with van der Waals surface area (Å²) in [6.45, 7) is 5.73. The largest absolute Gasteiger partial charge is 0.481 e. The third-order valence-corrected chi connectivity index (χ3v) is 7.17. The zero-order valence-electron chi connectivity index (χ0n) is 17.7. The Bertz CT molecular complexity index is 1180. The van der Waals surface area contributed by atoms with E-state index < -0.39 is 5.60 Å². The molecule has 158 valence electrons. The molecule has 0 bridgehead atoms. The predicted molar refractivity (Wildman–Crippen MR) is 119 cm³/mol. The number of hydrazine groups is 2. The van der Waals surface area contributed by atoms with Crippen LogP contribution in [-0.2, 0) is 5.60 Å². The van der Waals surface area contributed by atoms with Crippen molar-refractivity contribution in [2.24, 2.45) is 0 Å². The first-order chi connectivity index (χ1) is 14.2. The van der Waals surface area contributed by atoms with Gasteiger partial charge in [0, 0.05) is 31.2 Å². The number of rotatable bonds is 4. The number of nitrogens with zero attached hydrogens (tertiary/aromatic N) is 4. The summed E-state index contributed by atoms with van der Waals surface area (Å²) < 4.78 is 5.35. The van der Waals surface area contributed by atoms with Crippen LogP contribution in [0.3, 0.4) is 0 Å². The monoisotopic (exact) mass is 445 g/mol. The van der Waals surface area contributed by atoms with E-state index in [1.165, 1.54) is 11.3 Å². The number of likely N-dealkylation sites (N-methyl/N-ethyl adjacent to an activating group) is 1. The highest BCUT2D eigenvalue weighted by Crippen LogP contribution is 2.44. The van der Waals surface area contributed by atoms with Crippen LogP contribution in [0.1, 0.15) is 26.7 Å². The molecule has 0 spiro atoms. The maximum absolute atomic E-state index is 12.3. The van der Waals surface area contributed by atoms with Gasteiger partial charge in [0.1, 0.15) is 0 Å². The number of hydrogen-bond acceptors (Lipinski definition) is 8. The number of hydrogen-bond donors (Lipinski definition) is 2. The first-order valence-electron chi connectivity index (χ1n) is 9.43. The number of aromatic nitrogens is 2. The number of halogens is 1. The Labute approximate surface area is 184 Å². The van der Waals surface area contributed by atoms with Crippen LogP contribution >= 0.6 is 22.9 Å². The van der Waals surface area contributed by atoms with E-state index in [0.29, 0.717) is 27.7 Å². The quantitative estimate of drug-likeness (QED) is 0.634. The molecule has 2 aromatic heterocycles. The molecule has 1 aliphatic rings. The Balaban J connectivity index is 1.99. The van der Waals surface area contributed by atoms with Crippen molar-refractivity contribution in [1.29, 1.82) is 0 Å². The standard InChI is InChI=1S/C21H24ClN5O2S/c1-11-18(22)15-9-14(7-8-16(15)25-20(11)29-6)21(28,17-10-23-27(5)26(17)4)19-12(2)24-13(3)30-19/h7-10,23,28H,1-6H3. The Morgan fingerprint density at radius 3 is 2.50 bits per heavy atom. The van der Waals surface area contributed by atoms with E-state index in [2.05, 4.69) is 15.4 Å². The van der Waals surface area contributed by atoms with Crippen molar-refractivity contribution in [1.82, 2.24) is 25.5 Å². The number of ether oxygens (including phenoxy) is 1. The molecule has 30 heavy (non-hydrogen) atoms. The highest BCUT2D eigenvalue weighted by molar-refractivity contribution is 7.11. The zero-order chi connectivity index (χ0) is 21.8. The number of aryl methyl sites for hydroxylation is 2. The van der Waals surface area contributed by atoms with E-state index in [0.717, 1.165) is 26.5 Å². The van der Waals surface area contributed by atoms with Crippen LogP contribution in [-0.4, -0.2) is 46.4 Å². The molecule has 0 fully saturated rings. The van der Waals surface area contributed by atoms with Crippen LogP contribution < -0.4 is 10.2 Å². The molecule has 3 heterocycles. The van der Waals surface area contributed by atoms with Gasteiger partial charge in [-0.3, -0.25) is 5.01 Å². The maximum Gasteiger partial charge on any atom is 0.218 e. The van der Waals surface area contributed by atoms with E-state index in [1.807, 2.05) is 58.1 Å². The van der Waals surface area contributed by atoms with Gasteiger partial charge in [-0.05, 0) is 38.5 Å². The summed E-state index contributed by atoms with van der Waals surface area (Å²) in [5.41, 5.74) is 5.33. The predicted octanol–water partition coefficient (Wildman–Crippen LogP) is 3.65. The smallest absolute Gasteiger partial charge is 0.218 e. The van der Waals surface area contributed by atoms with Crippen LogP contribution in [0.15, 0.2) is 30.1 Å². The lowest BCUT2D eigenvalue weighted by Gasteiger charge is -2.35. The van der Waals surface area contributed by atoms with Gasteiger partial charge in [-0.15, -0.1) is 16.5 Å². The molecule has 9 heteroatoms. The summed E-state index contributed by atoms with van der Waals surface area (Å²) >= 11 is 8.15. The molecule has 1 atom stereocenters. The molecule has 0 saturated carbocycles. The minimum atomic E-state index is -1.42. The minimum absolute atomic E-state index is 0.494. The third-order valence-electron chi connectivity index (χ3n) is 5.51. The van der Waals surface area contributed by atoms with Gasteiger partial charge >= 0.3 is 0 Å². The average Bonchev–Trinajstić information content (AvgIpc) is 3.25. The summed E-state index contributed by atoms with van der Waals surface area (Å²) in [5.74, 6) is 0.494. The molecule has 0 amide bonds. The van der Waals surface area contributed by atoms with Crippen LogP contribution in [0.25, 0.3) is 10.9 Å². The Morgan fingerprint density at radius 2 is 1.93 bits per heavy atom. The molecular weight excluding hydrogens is 422 g/mol. The normalized spacial score (nSPS) is 16.5. The number of benzene rings is 1. The van der Waals surface area contributed by atoms with Gasteiger partial charge in [0.15, 0.2) is 5.60 Å². The number of aliphatic hydroxyl groups is 1. The van der Waals surface area contributed by atoms with Crippen LogP contribution in [0.4, 0.5) is 0 Å². The van der Waals surface area contributed by atoms with E-state index in [-0.39, 0.29) is 0 Å². The molecular formula is C21H24ClN5O2S. The van der Waals surface area contributed by atoms with Crippen molar-refractivity contribution >= 4 is 33.8 Å². The summed E-state index contributed by atoms with van der Waals surface area (Å²) in [4.78, 5) is 9.88. The number of fused-ring (bicyclic) bond motifs is 1. The molecule has 1 aliphatic heterocycles. The van der Waals surface area contributed by atoms with Gasteiger partial charge in [-0.25, -0.2) is 9.97 Å². The van der Waals surface area contributed by atoms with Crippen molar-refractivity contribution in [2.75, 3.05) is 21.2 Å². The molecule has 0 saturated heterocycles. The SMILES string of the molecule is COc1nc2ccc(C(O)(C3=CNN(C)N3C)c3sc(C)nc3C)cc2c(Cl)c1C. The van der Waals surface area contributed by atoms with Crippen molar-refractivity contribution in [3.05, 3.63) is 61.8 Å². The lowest BCUT2D eigenvalue weighted by atomic mass is 9.87. The maximum atomic E-state index is 12.3. The average molecular weight is 446 g/mol. The van der Waals surface area contributed by atoms with E-state index in [4.69, 9.17) is 16.3 Å². The summed E-state index contributed by atoms with van der Waals surface area (Å²) in [5, 5.41) is 18.1. The van der Waals surface area contributed by atoms with Gasteiger partial charge in [-0.1, -0.05) is 17.7 Å². The minimum Gasteiger partial charge on any atom is -0.481 e. The second-order valence-corrected chi connectivity index (χ2v) is 8.94. The first-order valence-corrected chi connectivity index (χ1v) is 10.6. The molecule has 7 nitrogen and oxygen atoms in total. The van der Waals surface area contributed by atoms with Crippen molar-refractivity contribution in [3.8, 4) is 5.88 Å². The molecule has 1 unspecified atom stereocenters. The molecule has 3 aromatic rings. The van der Waals surface area contributed by atoms with E-state index in [9.17, 15) is 5.11 Å². The van der Waals surface area contributed by atoms with Gasteiger partial charge in [0.05, 0.1) is 38.9 Å². The van der Waals surface area contributed by atoms with Crippen LogP contribution in [0.2, 0.25) is 5.02 Å². The second kappa shape index (κ2) is 7.39. The summed E-state index contributed by atoms with van der Waals surface area (Å²) in [6.07, 6.45) is 1.80. The van der Waals surface area contributed by atoms with Crippen LogP contribution in [0.5, 0.6) is 5.88 Å². The van der Waals surface area contributed by atoms with Gasteiger partial charge in [0.2, 0.25) is 5.88 Å². The highest BCUT2D eigenvalue weighted by atomic mass is 35.5. The number of thiazole rings is 1. The first kappa shape index (κ1) is 20.9. The van der Waals surface area contributed by atoms with Gasteiger partial charge < -0.3 is 15.3 Å². The molecule has 0 radical (unpaired) electrons. The zero-order valence-corrected chi connectivity index (χ0v) is 19.3. The number of pyridine rings is 1. The highest BCUT2D eigenvalue weighted by Gasteiger charge is 2.44. The number of methoxy groups -OCH3 is 1. The van der Waals surface area contributed by atoms with Crippen molar-refractivity contribution in [3.63, 3.8) is 0 Å². The van der Waals surface area contributed by atoms with E-state index >= 15 is 0 Å². The topological polar surface area (TPSA) is 73.8 Å². The fourth-order valence-corrected chi connectivity index (χ4v) is 5.09. The molecule has 2 N–H and O–H groups in total. The molecule has 0 aliphatic carbocycles. The lowest BCUT2D eigenvalue weighted by molar-refractivity contribution is 0.00516. The second-order valence-electron chi connectivity index (χ2n) is 7.36. The third kappa shape index (κ3) is 3.02. The Kier molecular flexibility index (Phi) is 5.14. The fourth-order valence-electron chi connectivity index (χ4n) is 3.82. The van der Waals surface area contributed by atoms with Crippen molar-refractivity contribution in [2.45, 2.75) is 26.4 Å². The summed E-state index contributed by atoms with van der Waals surface area (Å²) in [6, 6.07) is 5.64. The molecule has 1 aromatic carbocycles. The lowest BCUT2D eigenvalue weighted by Crippen LogP contribution is -2.42.